The number of benzene rings is 1. The lowest BCUT2D eigenvalue weighted by atomic mass is 10.0. The Bertz CT molecular complexity index is 615. The first kappa shape index (κ1) is 18.1. The number of aliphatic hydroxyl groups excluding tert-OH is 2. The summed E-state index contributed by atoms with van der Waals surface area (Å²) >= 11 is 0. The summed E-state index contributed by atoms with van der Waals surface area (Å²) in [5.74, 6) is 0.540. The third-order valence-electron chi connectivity index (χ3n) is 5.02. The van der Waals surface area contributed by atoms with Crippen molar-refractivity contribution in [3.05, 3.63) is 29.3 Å². The summed E-state index contributed by atoms with van der Waals surface area (Å²) in [5.41, 5.74) is 1.59. The van der Waals surface area contributed by atoms with Gasteiger partial charge in [0.1, 0.15) is 11.9 Å². The molecular weight excluding hydrogens is 324 g/mol. The average molecular weight is 350 g/mol. The summed E-state index contributed by atoms with van der Waals surface area (Å²) < 4.78 is 10.7. The van der Waals surface area contributed by atoms with E-state index in [1.807, 2.05) is 25.1 Å². The maximum absolute atomic E-state index is 12.8. The number of aryl methyl sites for hydroxylation is 1. The molecule has 2 fully saturated rings. The Morgan fingerprint density at radius 1 is 1.20 bits per heavy atom. The molecule has 0 radical (unpaired) electrons. The van der Waals surface area contributed by atoms with Gasteiger partial charge in [0.2, 0.25) is 0 Å². The maximum atomic E-state index is 12.8. The molecule has 1 aromatic rings. The molecule has 2 saturated heterocycles. The van der Waals surface area contributed by atoms with Crippen LogP contribution >= 0.6 is 0 Å². The molecule has 0 unspecified atom stereocenters. The van der Waals surface area contributed by atoms with E-state index in [-0.39, 0.29) is 18.6 Å². The first-order valence-corrected chi connectivity index (χ1v) is 8.63. The standard InChI is InChI=1S/C18H26N2O5/c1-12-3-4-16(24-2)13(9-12)18(23)20-7-5-19(6-8-20)14-10-25-11-15(21)17(14)22/h3-4,9,14-15,17,21-22H,5-8,10-11H2,1-2H3/t14-,15-,17+/m1/s1. The molecule has 2 heterocycles. The molecule has 2 N–H and O–H groups in total. The fourth-order valence-corrected chi connectivity index (χ4v) is 3.50. The van der Waals surface area contributed by atoms with E-state index in [1.54, 1.807) is 12.0 Å². The highest BCUT2D eigenvalue weighted by Crippen LogP contribution is 2.23. The quantitative estimate of drug-likeness (QED) is 0.791. The van der Waals surface area contributed by atoms with Gasteiger partial charge in [-0.1, -0.05) is 11.6 Å². The molecule has 138 valence electrons. The van der Waals surface area contributed by atoms with Crippen molar-refractivity contribution in [1.82, 2.24) is 9.80 Å². The molecule has 7 nitrogen and oxygen atoms in total. The van der Waals surface area contributed by atoms with E-state index >= 15 is 0 Å². The molecule has 0 aliphatic carbocycles. The number of ether oxygens (including phenoxy) is 2. The molecule has 1 aromatic carbocycles. The summed E-state index contributed by atoms with van der Waals surface area (Å²) in [6.45, 7) is 4.92. The predicted octanol–water partition coefficient (Wildman–Crippen LogP) is -0.118. The Balaban J connectivity index is 1.64. The normalized spacial score (nSPS) is 28.0. The lowest BCUT2D eigenvalue weighted by Gasteiger charge is -2.43. The number of amides is 1. The molecular formula is C18H26N2O5. The fourth-order valence-electron chi connectivity index (χ4n) is 3.50. The van der Waals surface area contributed by atoms with Gasteiger partial charge in [0.25, 0.3) is 5.91 Å². The van der Waals surface area contributed by atoms with Crippen LogP contribution in [0.1, 0.15) is 15.9 Å². The number of hydrogen-bond donors (Lipinski definition) is 2. The predicted molar refractivity (Wildman–Crippen MR) is 91.8 cm³/mol. The second kappa shape index (κ2) is 7.70. The van der Waals surface area contributed by atoms with E-state index in [1.165, 1.54) is 0 Å². The molecule has 2 aliphatic heterocycles. The highest BCUT2D eigenvalue weighted by molar-refractivity contribution is 5.97. The molecule has 0 aromatic heterocycles. The monoisotopic (exact) mass is 350 g/mol. The number of nitrogens with zero attached hydrogens (tertiary/aromatic N) is 2. The first-order valence-electron chi connectivity index (χ1n) is 8.63. The van der Waals surface area contributed by atoms with Gasteiger partial charge in [-0.05, 0) is 19.1 Å². The minimum Gasteiger partial charge on any atom is -0.496 e. The molecule has 7 heteroatoms. The highest BCUT2D eigenvalue weighted by Gasteiger charge is 2.37. The van der Waals surface area contributed by atoms with Crippen LogP contribution < -0.4 is 4.74 Å². The zero-order valence-corrected chi connectivity index (χ0v) is 14.7. The fraction of sp³-hybridized carbons (Fsp3) is 0.611. The van der Waals surface area contributed by atoms with Crippen molar-refractivity contribution in [3.8, 4) is 5.75 Å². The Hall–Kier alpha value is -1.67. The third-order valence-corrected chi connectivity index (χ3v) is 5.02. The van der Waals surface area contributed by atoms with Crippen LogP contribution in [0.2, 0.25) is 0 Å². The van der Waals surface area contributed by atoms with Crippen molar-refractivity contribution in [1.29, 1.82) is 0 Å². The Labute approximate surface area is 147 Å². The van der Waals surface area contributed by atoms with E-state index in [9.17, 15) is 15.0 Å². The van der Waals surface area contributed by atoms with Crippen molar-refractivity contribution < 1.29 is 24.5 Å². The summed E-state index contributed by atoms with van der Waals surface area (Å²) in [4.78, 5) is 16.7. The Kier molecular flexibility index (Phi) is 5.58. The van der Waals surface area contributed by atoms with Crippen molar-refractivity contribution in [3.63, 3.8) is 0 Å². The molecule has 0 saturated carbocycles. The van der Waals surface area contributed by atoms with E-state index < -0.39 is 12.2 Å². The van der Waals surface area contributed by atoms with Crippen LogP contribution in [0.15, 0.2) is 18.2 Å². The van der Waals surface area contributed by atoms with Crippen molar-refractivity contribution >= 4 is 5.91 Å². The summed E-state index contributed by atoms with van der Waals surface area (Å²) in [7, 11) is 1.56. The second-order valence-corrected chi connectivity index (χ2v) is 6.69. The van der Waals surface area contributed by atoms with Gasteiger partial charge in [0.15, 0.2) is 0 Å². The zero-order valence-electron chi connectivity index (χ0n) is 14.7. The summed E-state index contributed by atoms with van der Waals surface area (Å²) in [6, 6.07) is 5.36. The molecule has 3 rings (SSSR count). The first-order chi connectivity index (χ1) is 12.0. The van der Waals surface area contributed by atoms with Crippen LogP contribution in [0.3, 0.4) is 0 Å². The highest BCUT2D eigenvalue weighted by atomic mass is 16.5. The van der Waals surface area contributed by atoms with Crippen LogP contribution in [0, 0.1) is 6.92 Å². The molecule has 0 bridgehead atoms. The van der Waals surface area contributed by atoms with Gasteiger partial charge in [-0.3, -0.25) is 9.69 Å². The van der Waals surface area contributed by atoms with Crippen LogP contribution in [0.25, 0.3) is 0 Å². The molecule has 1 amide bonds. The largest absolute Gasteiger partial charge is 0.496 e. The van der Waals surface area contributed by atoms with E-state index in [2.05, 4.69) is 4.90 Å². The number of aliphatic hydroxyl groups is 2. The van der Waals surface area contributed by atoms with Crippen molar-refractivity contribution in [2.75, 3.05) is 46.5 Å². The second-order valence-electron chi connectivity index (χ2n) is 6.69. The average Bonchev–Trinajstić information content (AvgIpc) is 2.63. The molecule has 0 spiro atoms. The van der Waals surface area contributed by atoms with Gasteiger partial charge in [0.05, 0.1) is 38.0 Å². The van der Waals surface area contributed by atoms with Gasteiger partial charge in [-0.2, -0.15) is 0 Å². The van der Waals surface area contributed by atoms with Crippen molar-refractivity contribution in [2.24, 2.45) is 0 Å². The number of methoxy groups -OCH3 is 1. The number of piperazine rings is 1. The van der Waals surface area contributed by atoms with E-state index in [0.717, 1.165) is 5.56 Å². The van der Waals surface area contributed by atoms with Crippen molar-refractivity contribution in [2.45, 2.75) is 25.2 Å². The minimum absolute atomic E-state index is 0.0410. The van der Waals surface area contributed by atoms with E-state index in [4.69, 9.17) is 9.47 Å². The Morgan fingerprint density at radius 3 is 2.60 bits per heavy atom. The van der Waals surface area contributed by atoms with Gasteiger partial charge < -0.3 is 24.6 Å². The SMILES string of the molecule is COc1ccc(C)cc1C(=O)N1CCN([C@@H]2COC[C@@H](O)[C@H]2O)CC1. The summed E-state index contributed by atoms with van der Waals surface area (Å²) in [6.07, 6.45) is -1.66. The van der Waals surface area contributed by atoms with Crippen LogP contribution in [0.4, 0.5) is 0 Å². The van der Waals surface area contributed by atoms with Gasteiger partial charge in [-0.15, -0.1) is 0 Å². The minimum atomic E-state index is -0.852. The number of rotatable bonds is 3. The Morgan fingerprint density at radius 2 is 1.92 bits per heavy atom. The lowest BCUT2D eigenvalue weighted by molar-refractivity contribution is -0.136. The molecule has 2 aliphatic rings. The number of carbonyl (C=O) groups excluding carboxylic acids is 1. The van der Waals surface area contributed by atoms with Gasteiger partial charge >= 0.3 is 0 Å². The molecule has 25 heavy (non-hydrogen) atoms. The number of hydrogen-bond acceptors (Lipinski definition) is 6. The van der Waals surface area contributed by atoms with Gasteiger partial charge in [0, 0.05) is 26.2 Å². The maximum Gasteiger partial charge on any atom is 0.257 e. The molecule has 3 atom stereocenters. The zero-order chi connectivity index (χ0) is 18.0. The van der Waals surface area contributed by atoms with E-state index in [0.29, 0.717) is 44.1 Å². The third kappa shape index (κ3) is 3.79. The smallest absolute Gasteiger partial charge is 0.257 e. The van der Waals surface area contributed by atoms with Crippen LogP contribution in [-0.2, 0) is 4.74 Å². The van der Waals surface area contributed by atoms with Crippen LogP contribution in [-0.4, -0.2) is 90.7 Å². The number of carbonyl (C=O) groups is 1. The van der Waals surface area contributed by atoms with Crippen LogP contribution in [0.5, 0.6) is 5.75 Å². The topological polar surface area (TPSA) is 82.5 Å². The lowest BCUT2D eigenvalue weighted by Crippen LogP contribution is -2.60. The van der Waals surface area contributed by atoms with Gasteiger partial charge in [-0.25, -0.2) is 0 Å². The summed E-state index contributed by atoms with van der Waals surface area (Å²) in [5, 5.41) is 19.9.